The molecule has 0 aliphatic heterocycles. The Kier molecular flexibility index (Phi) is 7.01. The molecule has 0 bridgehead atoms. The fourth-order valence-corrected chi connectivity index (χ4v) is 1.16. The number of nitrogens with one attached hydrogen (secondary N) is 1. The first kappa shape index (κ1) is 13.7. The van der Waals surface area contributed by atoms with Crippen molar-refractivity contribution in [2.24, 2.45) is 0 Å². The number of anilines is 1. The van der Waals surface area contributed by atoms with Crippen LogP contribution in [0.3, 0.4) is 0 Å². The predicted octanol–water partition coefficient (Wildman–Crippen LogP) is 0.950. The molecule has 0 aliphatic rings. The normalized spacial score (nSPS) is 10.2. The largest absolute Gasteiger partial charge is 0.481 e. The van der Waals surface area contributed by atoms with Gasteiger partial charge in [0.15, 0.2) is 0 Å². The molecule has 0 saturated carbocycles. The zero-order valence-electron chi connectivity index (χ0n) is 10.3. The highest BCUT2D eigenvalue weighted by Gasteiger charge is 1.97. The molecule has 0 radical (unpaired) electrons. The summed E-state index contributed by atoms with van der Waals surface area (Å²) in [5.41, 5.74) is 0. The van der Waals surface area contributed by atoms with E-state index in [2.05, 4.69) is 15.3 Å². The Hall–Kier alpha value is -1.40. The second kappa shape index (κ2) is 8.72. The fourth-order valence-electron chi connectivity index (χ4n) is 1.16. The average Bonchev–Trinajstić information content (AvgIpc) is 2.38. The minimum Gasteiger partial charge on any atom is -0.481 e. The van der Waals surface area contributed by atoms with Gasteiger partial charge in [-0.25, -0.2) is 4.98 Å². The van der Waals surface area contributed by atoms with Gasteiger partial charge in [0, 0.05) is 32.5 Å². The Morgan fingerprint density at radius 2 is 2.12 bits per heavy atom. The van der Waals surface area contributed by atoms with E-state index in [-0.39, 0.29) is 0 Å². The van der Waals surface area contributed by atoms with E-state index in [0.29, 0.717) is 31.6 Å². The first-order valence-corrected chi connectivity index (χ1v) is 5.54. The molecule has 96 valence electrons. The van der Waals surface area contributed by atoms with Gasteiger partial charge in [0.25, 0.3) is 0 Å². The van der Waals surface area contributed by atoms with Crippen LogP contribution < -0.4 is 10.1 Å². The number of hydrogen-bond donors (Lipinski definition) is 1. The highest BCUT2D eigenvalue weighted by molar-refractivity contribution is 5.26. The Morgan fingerprint density at radius 1 is 1.24 bits per heavy atom. The number of nitrogens with zero attached hydrogens (tertiary/aromatic N) is 2. The molecule has 0 amide bonds. The molecule has 6 nitrogen and oxygen atoms in total. The van der Waals surface area contributed by atoms with Gasteiger partial charge in [-0.15, -0.1) is 0 Å². The molecule has 1 N–H and O–H groups in total. The summed E-state index contributed by atoms with van der Waals surface area (Å²) in [5, 5.41) is 3.10. The Bertz CT molecular complexity index is 310. The van der Waals surface area contributed by atoms with Crippen LogP contribution in [0.1, 0.15) is 6.42 Å². The number of hydrogen-bond acceptors (Lipinski definition) is 6. The zero-order valence-corrected chi connectivity index (χ0v) is 10.3. The first-order chi connectivity index (χ1) is 8.36. The summed E-state index contributed by atoms with van der Waals surface area (Å²) in [6.07, 6.45) is 2.55. The third-order valence-corrected chi connectivity index (χ3v) is 2.02. The summed E-state index contributed by atoms with van der Waals surface area (Å²) >= 11 is 0. The molecule has 1 aromatic rings. The van der Waals surface area contributed by atoms with Crippen molar-refractivity contribution in [3.8, 4) is 5.88 Å². The maximum atomic E-state index is 5.33. The van der Waals surface area contributed by atoms with Crippen LogP contribution in [-0.4, -0.2) is 50.6 Å². The second-order valence-corrected chi connectivity index (χ2v) is 3.31. The lowest BCUT2D eigenvalue weighted by Crippen LogP contribution is -2.10. The van der Waals surface area contributed by atoms with Crippen molar-refractivity contribution in [1.82, 2.24) is 9.97 Å². The lowest BCUT2D eigenvalue weighted by molar-refractivity contribution is 0.0705. The minimum atomic E-state index is 0.554. The van der Waals surface area contributed by atoms with Gasteiger partial charge in [0.1, 0.15) is 0 Å². The van der Waals surface area contributed by atoms with Crippen molar-refractivity contribution in [2.45, 2.75) is 6.42 Å². The van der Waals surface area contributed by atoms with Gasteiger partial charge in [-0.05, 0) is 6.42 Å². The lowest BCUT2D eigenvalue weighted by Gasteiger charge is -2.06. The van der Waals surface area contributed by atoms with E-state index in [4.69, 9.17) is 14.2 Å². The van der Waals surface area contributed by atoms with Crippen LogP contribution >= 0.6 is 0 Å². The van der Waals surface area contributed by atoms with Crippen molar-refractivity contribution in [2.75, 3.05) is 45.9 Å². The molecule has 0 spiro atoms. The van der Waals surface area contributed by atoms with Crippen molar-refractivity contribution in [3.05, 3.63) is 12.3 Å². The Labute approximate surface area is 101 Å². The highest BCUT2D eigenvalue weighted by Crippen LogP contribution is 2.06. The maximum Gasteiger partial charge on any atom is 0.225 e. The van der Waals surface area contributed by atoms with Gasteiger partial charge in [-0.1, -0.05) is 0 Å². The van der Waals surface area contributed by atoms with E-state index in [0.717, 1.165) is 13.0 Å². The second-order valence-electron chi connectivity index (χ2n) is 3.31. The summed E-state index contributed by atoms with van der Waals surface area (Å²) in [6, 6.07) is 1.71. The number of aromatic nitrogens is 2. The van der Waals surface area contributed by atoms with Crippen molar-refractivity contribution < 1.29 is 14.2 Å². The average molecular weight is 241 g/mol. The molecular weight excluding hydrogens is 222 g/mol. The monoisotopic (exact) mass is 241 g/mol. The molecule has 0 saturated heterocycles. The zero-order chi connectivity index (χ0) is 12.3. The van der Waals surface area contributed by atoms with E-state index in [1.165, 1.54) is 0 Å². The van der Waals surface area contributed by atoms with E-state index in [9.17, 15) is 0 Å². The molecular formula is C11H19N3O3. The third kappa shape index (κ3) is 6.03. The number of ether oxygens (including phenoxy) is 3. The van der Waals surface area contributed by atoms with Crippen molar-refractivity contribution in [1.29, 1.82) is 0 Å². The molecule has 0 atom stereocenters. The van der Waals surface area contributed by atoms with E-state index in [1.54, 1.807) is 26.5 Å². The fraction of sp³-hybridized carbons (Fsp3) is 0.636. The van der Waals surface area contributed by atoms with E-state index < -0.39 is 0 Å². The minimum absolute atomic E-state index is 0.554. The summed E-state index contributed by atoms with van der Waals surface area (Å²) in [5.74, 6) is 1.13. The van der Waals surface area contributed by atoms with Crippen LogP contribution in [0.15, 0.2) is 12.3 Å². The molecule has 0 aliphatic carbocycles. The summed E-state index contributed by atoms with van der Waals surface area (Å²) in [4.78, 5) is 8.20. The quantitative estimate of drug-likeness (QED) is 0.649. The van der Waals surface area contributed by atoms with E-state index in [1.807, 2.05) is 0 Å². The van der Waals surface area contributed by atoms with Gasteiger partial charge in [0.05, 0.1) is 20.3 Å². The van der Waals surface area contributed by atoms with Gasteiger partial charge in [-0.3, -0.25) is 0 Å². The Balaban J connectivity index is 2.09. The predicted molar refractivity (Wildman–Crippen MR) is 64.4 cm³/mol. The van der Waals surface area contributed by atoms with Crippen LogP contribution in [0.2, 0.25) is 0 Å². The van der Waals surface area contributed by atoms with Crippen LogP contribution in [0, 0.1) is 0 Å². The first-order valence-electron chi connectivity index (χ1n) is 5.54. The van der Waals surface area contributed by atoms with Crippen molar-refractivity contribution in [3.63, 3.8) is 0 Å². The van der Waals surface area contributed by atoms with Gasteiger partial charge in [-0.2, -0.15) is 4.98 Å². The summed E-state index contributed by atoms with van der Waals surface area (Å²) < 4.78 is 15.2. The van der Waals surface area contributed by atoms with Crippen molar-refractivity contribution >= 4 is 5.95 Å². The van der Waals surface area contributed by atoms with Gasteiger partial charge in [0.2, 0.25) is 11.8 Å². The smallest absolute Gasteiger partial charge is 0.225 e. The lowest BCUT2D eigenvalue weighted by atomic mass is 10.4. The summed E-state index contributed by atoms with van der Waals surface area (Å²) in [6.45, 7) is 2.72. The topological polar surface area (TPSA) is 65.5 Å². The molecule has 17 heavy (non-hydrogen) atoms. The van der Waals surface area contributed by atoms with Crippen LogP contribution in [0.25, 0.3) is 0 Å². The standard InChI is InChI=1S/C11H19N3O3/c1-15-8-9-17-7-3-5-12-11-13-6-4-10(14-11)16-2/h4,6H,3,5,7-9H2,1-2H3,(H,12,13,14). The molecule has 1 aromatic heterocycles. The van der Waals surface area contributed by atoms with Crippen LogP contribution in [0.4, 0.5) is 5.95 Å². The summed E-state index contributed by atoms with van der Waals surface area (Å²) in [7, 11) is 3.24. The van der Waals surface area contributed by atoms with Gasteiger partial charge < -0.3 is 19.5 Å². The molecule has 0 aromatic carbocycles. The highest BCUT2D eigenvalue weighted by atomic mass is 16.5. The Morgan fingerprint density at radius 3 is 2.88 bits per heavy atom. The molecule has 1 rings (SSSR count). The SMILES string of the molecule is COCCOCCCNc1nccc(OC)n1. The number of methoxy groups -OCH3 is 2. The number of rotatable bonds is 9. The maximum absolute atomic E-state index is 5.33. The molecule has 1 heterocycles. The van der Waals surface area contributed by atoms with Crippen LogP contribution in [0.5, 0.6) is 5.88 Å². The molecule has 0 unspecified atom stereocenters. The molecule has 0 fully saturated rings. The van der Waals surface area contributed by atoms with Gasteiger partial charge >= 0.3 is 0 Å². The molecule has 6 heteroatoms. The van der Waals surface area contributed by atoms with E-state index >= 15 is 0 Å². The third-order valence-electron chi connectivity index (χ3n) is 2.02. The van der Waals surface area contributed by atoms with Crippen LogP contribution in [-0.2, 0) is 9.47 Å².